The first kappa shape index (κ1) is 21.3. The normalized spacial score (nSPS) is 13.0. The Morgan fingerprint density at radius 2 is 1.92 bits per heavy atom. The zero-order chi connectivity index (χ0) is 18.5. The number of rotatable bonds is 11. The van der Waals surface area contributed by atoms with Crippen molar-refractivity contribution in [3.63, 3.8) is 0 Å². The third-order valence-electron chi connectivity index (χ3n) is 4.13. The van der Waals surface area contributed by atoms with E-state index in [9.17, 15) is 5.11 Å². The second kappa shape index (κ2) is 12.6. The van der Waals surface area contributed by atoms with Gasteiger partial charge in [-0.15, -0.1) is 0 Å². The number of aliphatic hydroxyl groups is 1. The molecule has 1 rings (SSSR count). The average Bonchev–Trinajstić information content (AvgIpc) is 2.59. The summed E-state index contributed by atoms with van der Waals surface area (Å²) in [4.78, 5) is 6.95. The standard InChI is InChI=1S/C20H36N4O/c1-5-21-20(23-16-18(11-14-25)15-17(2)3)22-12-13-24(4)19-9-7-6-8-10-19/h6-10,17-18,25H,5,11-16H2,1-4H3,(H2,21,22,23). The van der Waals surface area contributed by atoms with Crippen LogP contribution in [0.1, 0.15) is 33.6 Å². The summed E-state index contributed by atoms with van der Waals surface area (Å²) in [5, 5.41) is 16.0. The summed E-state index contributed by atoms with van der Waals surface area (Å²) >= 11 is 0. The number of benzene rings is 1. The molecular formula is C20H36N4O. The SMILES string of the molecule is CCNC(=NCC(CCO)CC(C)C)NCCN(C)c1ccccc1. The molecule has 0 radical (unpaired) electrons. The summed E-state index contributed by atoms with van der Waals surface area (Å²) in [5.74, 6) is 1.92. The van der Waals surface area contributed by atoms with E-state index in [4.69, 9.17) is 4.99 Å². The zero-order valence-corrected chi connectivity index (χ0v) is 16.3. The van der Waals surface area contributed by atoms with E-state index in [0.29, 0.717) is 11.8 Å². The van der Waals surface area contributed by atoms with Crippen molar-refractivity contribution in [3.05, 3.63) is 30.3 Å². The molecule has 1 atom stereocenters. The number of aliphatic hydroxyl groups excluding tert-OH is 1. The number of hydrogen-bond donors (Lipinski definition) is 3. The summed E-state index contributed by atoms with van der Waals surface area (Å²) in [7, 11) is 2.10. The lowest BCUT2D eigenvalue weighted by atomic mass is 9.94. The average molecular weight is 349 g/mol. The molecule has 1 unspecified atom stereocenters. The van der Waals surface area contributed by atoms with Crippen molar-refractivity contribution < 1.29 is 5.11 Å². The van der Waals surface area contributed by atoms with Gasteiger partial charge in [0.2, 0.25) is 0 Å². The van der Waals surface area contributed by atoms with Crippen molar-refractivity contribution in [2.45, 2.75) is 33.6 Å². The van der Waals surface area contributed by atoms with Crippen molar-refractivity contribution >= 4 is 11.6 Å². The fourth-order valence-corrected chi connectivity index (χ4v) is 2.85. The molecule has 0 fully saturated rings. The van der Waals surface area contributed by atoms with Crippen molar-refractivity contribution in [2.75, 3.05) is 44.7 Å². The molecule has 0 aromatic heterocycles. The van der Waals surface area contributed by atoms with Gasteiger partial charge in [-0.2, -0.15) is 0 Å². The minimum atomic E-state index is 0.235. The molecule has 0 aliphatic heterocycles. The Bertz CT molecular complexity index is 476. The van der Waals surface area contributed by atoms with E-state index in [0.717, 1.165) is 45.0 Å². The lowest BCUT2D eigenvalue weighted by Crippen LogP contribution is -2.41. The van der Waals surface area contributed by atoms with E-state index < -0.39 is 0 Å². The number of para-hydroxylation sites is 1. The number of nitrogens with one attached hydrogen (secondary N) is 2. The van der Waals surface area contributed by atoms with Gasteiger partial charge in [-0.1, -0.05) is 32.0 Å². The second-order valence-corrected chi connectivity index (χ2v) is 6.91. The van der Waals surface area contributed by atoms with Gasteiger partial charge in [0.15, 0.2) is 5.96 Å². The van der Waals surface area contributed by atoms with Crippen molar-refractivity contribution in [3.8, 4) is 0 Å². The molecule has 0 aliphatic carbocycles. The van der Waals surface area contributed by atoms with Crippen LogP contribution in [0.15, 0.2) is 35.3 Å². The fourth-order valence-electron chi connectivity index (χ4n) is 2.85. The molecule has 5 heteroatoms. The van der Waals surface area contributed by atoms with Crippen LogP contribution in [0.25, 0.3) is 0 Å². The molecule has 0 aliphatic rings. The van der Waals surface area contributed by atoms with Crippen LogP contribution in [-0.2, 0) is 0 Å². The van der Waals surface area contributed by atoms with Crippen molar-refractivity contribution in [1.82, 2.24) is 10.6 Å². The maximum atomic E-state index is 9.24. The van der Waals surface area contributed by atoms with Gasteiger partial charge in [0, 0.05) is 45.5 Å². The van der Waals surface area contributed by atoms with E-state index >= 15 is 0 Å². The van der Waals surface area contributed by atoms with Crippen molar-refractivity contribution in [1.29, 1.82) is 0 Å². The highest BCUT2D eigenvalue weighted by atomic mass is 16.3. The van der Waals surface area contributed by atoms with Gasteiger partial charge in [-0.05, 0) is 43.7 Å². The molecule has 0 saturated carbocycles. The summed E-state index contributed by atoms with van der Waals surface area (Å²) in [6, 6.07) is 10.4. The zero-order valence-electron chi connectivity index (χ0n) is 16.3. The topological polar surface area (TPSA) is 59.9 Å². The Morgan fingerprint density at radius 3 is 2.52 bits per heavy atom. The van der Waals surface area contributed by atoms with Crippen LogP contribution in [0, 0.1) is 11.8 Å². The van der Waals surface area contributed by atoms with Gasteiger partial charge in [-0.3, -0.25) is 4.99 Å². The fraction of sp³-hybridized carbons (Fsp3) is 0.650. The summed E-state index contributed by atoms with van der Waals surface area (Å²) in [5.41, 5.74) is 1.21. The monoisotopic (exact) mass is 348 g/mol. The number of likely N-dealkylation sites (N-methyl/N-ethyl adjacent to an activating group) is 1. The largest absolute Gasteiger partial charge is 0.396 e. The molecule has 0 amide bonds. The molecule has 25 heavy (non-hydrogen) atoms. The Balaban J connectivity index is 2.48. The molecule has 1 aromatic rings. The first-order chi connectivity index (χ1) is 12.1. The first-order valence-corrected chi connectivity index (χ1v) is 9.46. The number of guanidine groups is 1. The van der Waals surface area contributed by atoms with E-state index in [-0.39, 0.29) is 6.61 Å². The molecule has 0 heterocycles. The molecule has 1 aromatic carbocycles. The van der Waals surface area contributed by atoms with Crippen molar-refractivity contribution in [2.24, 2.45) is 16.8 Å². The first-order valence-electron chi connectivity index (χ1n) is 9.46. The van der Waals surface area contributed by atoms with Crippen LogP contribution in [0.4, 0.5) is 5.69 Å². The van der Waals surface area contributed by atoms with E-state index in [1.54, 1.807) is 0 Å². The maximum Gasteiger partial charge on any atom is 0.191 e. The predicted octanol–water partition coefficient (Wildman–Crippen LogP) is 2.72. The maximum absolute atomic E-state index is 9.24. The van der Waals surface area contributed by atoms with Gasteiger partial charge in [0.05, 0.1) is 0 Å². The number of hydrogen-bond acceptors (Lipinski definition) is 3. The van der Waals surface area contributed by atoms with Crippen LogP contribution in [0.5, 0.6) is 0 Å². The Kier molecular flexibility index (Phi) is 10.7. The minimum absolute atomic E-state index is 0.235. The highest BCUT2D eigenvalue weighted by Crippen LogP contribution is 2.15. The molecular weight excluding hydrogens is 312 g/mol. The highest BCUT2D eigenvalue weighted by Gasteiger charge is 2.10. The minimum Gasteiger partial charge on any atom is -0.396 e. The predicted molar refractivity (Wildman–Crippen MR) is 108 cm³/mol. The molecule has 142 valence electrons. The third kappa shape index (κ3) is 9.34. The highest BCUT2D eigenvalue weighted by molar-refractivity contribution is 5.79. The second-order valence-electron chi connectivity index (χ2n) is 6.91. The van der Waals surface area contributed by atoms with Crippen LogP contribution in [0.3, 0.4) is 0 Å². The van der Waals surface area contributed by atoms with Gasteiger partial charge in [-0.25, -0.2) is 0 Å². The van der Waals surface area contributed by atoms with E-state index in [2.05, 4.69) is 67.6 Å². The van der Waals surface area contributed by atoms with Crippen LogP contribution in [-0.4, -0.2) is 50.9 Å². The Hall–Kier alpha value is -1.75. The number of nitrogens with zero attached hydrogens (tertiary/aromatic N) is 2. The van der Waals surface area contributed by atoms with Crippen LogP contribution >= 0.6 is 0 Å². The van der Waals surface area contributed by atoms with Gasteiger partial charge in [0.1, 0.15) is 0 Å². The smallest absolute Gasteiger partial charge is 0.191 e. The Labute approximate surface area is 153 Å². The van der Waals surface area contributed by atoms with Gasteiger partial charge in [0.25, 0.3) is 0 Å². The van der Waals surface area contributed by atoms with E-state index in [1.807, 2.05) is 6.07 Å². The van der Waals surface area contributed by atoms with Crippen LogP contribution < -0.4 is 15.5 Å². The summed E-state index contributed by atoms with van der Waals surface area (Å²) in [6.07, 6.45) is 1.91. The van der Waals surface area contributed by atoms with Crippen LogP contribution in [0.2, 0.25) is 0 Å². The molecule has 3 N–H and O–H groups in total. The number of anilines is 1. The van der Waals surface area contributed by atoms with Gasteiger partial charge >= 0.3 is 0 Å². The summed E-state index contributed by atoms with van der Waals surface area (Å²) < 4.78 is 0. The molecule has 5 nitrogen and oxygen atoms in total. The third-order valence-corrected chi connectivity index (χ3v) is 4.13. The van der Waals surface area contributed by atoms with E-state index in [1.165, 1.54) is 5.69 Å². The molecule has 0 bridgehead atoms. The summed E-state index contributed by atoms with van der Waals surface area (Å²) in [6.45, 7) is 10.1. The quantitative estimate of drug-likeness (QED) is 0.425. The van der Waals surface area contributed by atoms with Gasteiger partial charge < -0.3 is 20.6 Å². The lowest BCUT2D eigenvalue weighted by molar-refractivity contribution is 0.245. The Morgan fingerprint density at radius 1 is 1.20 bits per heavy atom. The number of aliphatic imine (C=N–C) groups is 1. The lowest BCUT2D eigenvalue weighted by Gasteiger charge is -2.21. The molecule has 0 spiro atoms. The molecule has 0 saturated heterocycles.